The molecule has 0 bridgehead atoms. The average Bonchev–Trinajstić information content (AvgIpc) is 2.76. The molecule has 0 spiro atoms. The fourth-order valence-electron chi connectivity index (χ4n) is 1.65. The van der Waals surface area contributed by atoms with Crippen LogP contribution in [0.25, 0.3) is 0 Å². The summed E-state index contributed by atoms with van der Waals surface area (Å²) in [6.07, 6.45) is 2.81. The van der Waals surface area contributed by atoms with Crippen molar-refractivity contribution in [2.24, 2.45) is 0 Å². The van der Waals surface area contributed by atoms with Crippen molar-refractivity contribution in [3.8, 4) is 0 Å². The summed E-state index contributed by atoms with van der Waals surface area (Å²) in [5, 5.41) is 5.47. The molecule has 0 saturated carbocycles. The van der Waals surface area contributed by atoms with E-state index in [-0.39, 0.29) is 0 Å². The first-order valence-corrected chi connectivity index (χ1v) is 6.54. The Kier molecular flexibility index (Phi) is 3.64. The van der Waals surface area contributed by atoms with Crippen molar-refractivity contribution in [3.05, 3.63) is 40.2 Å². The molecule has 0 fully saturated rings. The molecule has 1 atom stereocenters. The number of hydrogen-bond acceptors (Lipinski definition) is 4. The smallest absolute Gasteiger partial charge is 0.128 e. The SMILES string of the molecule is Cc1cnc(NC(C)Cc2cccs2)cc1N. The number of nitrogens with one attached hydrogen (secondary N) is 1. The summed E-state index contributed by atoms with van der Waals surface area (Å²) in [4.78, 5) is 5.70. The predicted molar refractivity (Wildman–Crippen MR) is 74.5 cm³/mol. The molecule has 0 saturated heterocycles. The second kappa shape index (κ2) is 5.19. The van der Waals surface area contributed by atoms with E-state index >= 15 is 0 Å². The molecule has 4 heteroatoms. The molecule has 2 aromatic rings. The molecule has 1 unspecified atom stereocenters. The largest absolute Gasteiger partial charge is 0.398 e. The van der Waals surface area contributed by atoms with Crippen LogP contribution in [-0.4, -0.2) is 11.0 Å². The lowest BCUT2D eigenvalue weighted by molar-refractivity contribution is 0.794. The van der Waals surface area contributed by atoms with Crippen molar-refractivity contribution in [1.82, 2.24) is 4.98 Å². The van der Waals surface area contributed by atoms with Crippen LogP contribution in [0.5, 0.6) is 0 Å². The Morgan fingerprint density at radius 3 is 3.00 bits per heavy atom. The zero-order valence-electron chi connectivity index (χ0n) is 10.1. The van der Waals surface area contributed by atoms with Gasteiger partial charge in [-0.1, -0.05) is 6.07 Å². The minimum atomic E-state index is 0.350. The highest BCUT2D eigenvalue weighted by Gasteiger charge is 2.06. The van der Waals surface area contributed by atoms with Crippen LogP contribution in [0.3, 0.4) is 0 Å². The summed E-state index contributed by atoms with van der Waals surface area (Å²) >= 11 is 1.78. The van der Waals surface area contributed by atoms with Crippen molar-refractivity contribution in [2.75, 3.05) is 11.1 Å². The summed E-state index contributed by atoms with van der Waals surface area (Å²) < 4.78 is 0. The van der Waals surface area contributed by atoms with Crippen LogP contribution in [-0.2, 0) is 6.42 Å². The van der Waals surface area contributed by atoms with Crippen LogP contribution in [0.2, 0.25) is 0 Å². The van der Waals surface area contributed by atoms with E-state index in [4.69, 9.17) is 5.73 Å². The van der Waals surface area contributed by atoms with Gasteiger partial charge in [0.1, 0.15) is 5.82 Å². The lowest BCUT2D eigenvalue weighted by atomic mass is 10.2. The van der Waals surface area contributed by atoms with Crippen molar-refractivity contribution in [1.29, 1.82) is 0 Å². The predicted octanol–water partition coefficient (Wildman–Crippen LogP) is 3.08. The molecule has 2 aromatic heterocycles. The number of aryl methyl sites for hydroxylation is 1. The molecular weight excluding hydrogens is 230 g/mol. The highest BCUT2D eigenvalue weighted by Crippen LogP contribution is 2.16. The van der Waals surface area contributed by atoms with Gasteiger partial charge in [-0.25, -0.2) is 4.98 Å². The molecule has 90 valence electrons. The number of rotatable bonds is 4. The Hall–Kier alpha value is -1.55. The van der Waals surface area contributed by atoms with E-state index in [2.05, 4.69) is 34.7 Å². The van der Waals surface area contributed by atoms with Crippen LogP contribution < -0.4 is 11.1 Å². The Morgan fingerprint density at radius 2 is 2.35 bits per heavy atom. The maximum absolute atomic E-state index is 5.85. The Morgan fingerprint density at radius 1 is 1.53 bits per heavy atom. The van der Waals surface area contributed by atoms with Crippen LogP contribution in [0, 0.1) is 6.92 Å². The van der Waals surface area contributed by atoms with Gasteiger partial charge in [0.05, 0.1) is 0 Å². The van der Waals surface area contributed by atoms with Crippen LogP contribution in [0.15, 0.2) is 29.8 Å². The van der Waals surface area contributed by atoms with Gasteiger partial charge in [-0.05, 0) is 30.9 Å². The van der Waals surface area contributed by atoms with E-state index in [0.717, 1.165) is 23.5 Å². The Labute approximate surface area is 106 Å². The Bertz CT molecular complexity index is 479. The van der Waals surface area contributed by atoms with Crippen LogP contribution in [0.4, 0.5) is 11.5 Å². The molecule has 0 aromatic carbocycles. The van der Waals surface area contributed by atoms with Crippen molar-refractivity contribution >= 4 is 22.8 Å². The van der Waals surface area contributed by atoms with Gasteiger partial charge in [0, 0.05) is 35.3 Å². The minimum absolute atomic E-state index is 0.350. The van der Waals surface area contributed by atoms with E-state index in [1.54, 1.807) is 17.5 Å². The molecule has 0 amide bonds. The molecule has 0 radical (unpaired) electrons. The van der Waals surface area contributed by atoms with Gasteiger partial charge in [-0.15, -0.1) is 11.3 Å². The van der Waals surface area contributed by atoms with Gasteiger partial charge in [0.2, 0.25) is 0 Å². The highest BCUT2D eigenvalue weighted by atomic mass is 32.1. The minimum Gasteiger partial charge on any atom is -0.398 e. The maximum Gasteiger partial charge on any atom is 0.128 e. The fourth-order valence-corrected chi connectivity index (χ4v) is 2.49. The normalized spacial score (nSPS) is 12.4. The average molecular weight is 247 g/mol. The Balaban J connectivity index is 1.98. The third-order valence-electron chi connectivity index (χ3n) is 2.63. The first kappa shape index (κ1) is 11.9. The topological polar surface area (TPSA) is 50.9 Å². The third-order valence-corrected chi connectivity index (χ3v) is 3.53. The van der Waals surface area contributed by atoms with Crippen molar-refractivity contribution in [2.45, 2.75) is 26.3 Å². The van der Waals surface area contributed by atoms with Crippen LogP contribution >= 0.6 is 11.3 Å². The summed E-state index contributed by atoms with van der Waals surface area (Å²) in [5.41, 5.74) is 7.65. The number of pyridine rings is 1. The number of nitrogens with zero attached hydrogens (tertiary/aromatic N) is 1. The molecule has 0 aliphatic carbocycles. The number of nitrogens with two attached hydrogens (primary N) is 1. The van der Waals surface area contributed by atoms with Gasteiger partial charge in [0.25, 0.3) is 0 Å². The number of nitrogen functional groups attached to an aromatic ring is 1. The van der Waals surface area contributed by atoms with Crippen LogP contribution in [0.1, 0.15) is 17.4 Å². The van der Waals surface area contributed by atoms with Gasteiger partial charge in [-0.3, -0.25) is 0 Å². The maximum atomic E-state index is 5.85. The van der Waals surface area contributed by atoms with E-state index < -0.39 is 0 Å². The van der Waals surface area contributed by atoms with Gasteiger partial charge in [-0.2, -0.15) is 0 Å². The molecule has 3 nitrogen and oxygen atoms in total. The van der Waals surface area contributed by atoms with Gasteiger partial charge >= 0.3 is 0 Å². The molecule has 3 N–H and O–H groups in total. The molecule has 0 aliphatic rings. The molecular formula is C13H17N3S. The standard InChI is InChI=1S/C13H17N3S/c1-9-8-15-13(7-12(9)14)16-10(2)6-11-4-3-5-17-11/h3-5,7-8,10H,6H2,1-2H3,(H3,14,15,16). The van der Waals surface area contributed by atoms with E-state index in [9.17, 15) is 0 Å². The molecule has 2 rings (SSSR count). The molecule has 0 aliphatic heterocycles. The number of thiophene rings is 1. The first-order valence-electron chi connectivity index (χ1n) is 5.66. The van der Waals surface area contributed by atoms with Gasteiger partial charge < -0.3 is 11.1 Å². The summed E-state index contributed by atoms with van der Waals surface area (Å²) in [6.45, 7) is 4.11. The summed E-state index contributed by atoms with van der Waals surface area (Å²) in [6, 6.07) is 6.47. The van der Waals surface area contributed by atoms with Crippen molar-refractivity contribution < 1.29 is 0 Å². The molecule has 17 heavy (non-hydrogen) atoms. The van der Waals surface area contributed by atoms with Crippen molar-refractivity contribution in [3.63, 3.8) is 0 Å². The third kappa shape index (κ3) is 3.20. The number of hydrogen-bond donors (Lipinski definition) is 2. The van der Waals surface area contributed by atoms with Gasteiger partial charge in [0.15, 0.2) is 0 Å². The van der Waals surface area contributed by atoms with E-state index in [1.165, 1.54) is 4.88 Å². The van der Waals surface area contributed by atoms with E-state index in [1.807, 2.05) is 13.0 Å². The number of aromatic nitrogens is 1. The second-order valence-electron chi connectivity index (χ2n) is 4.26. The quantitative estimate of drug-likeness (QED) is 0.873. The summed E-state index contributed by atoms with van der Waals surface area (Å²) in [5.74, 6) is 0.845. The summed E-state index contributed by atoms with van der Waals surface area (Å²) in [7, 11) is 0. The zero-order valence-corrected chi connectivity index (χ0v) is 10.9. The monoisotopic (exact) mass is 247 g/mol. The fraction of sp³-hybridized carbons (Fsp3) is 0.308. The molecule has 2 heterocycles. The lowest BCUT2D eigenvalue weighted by Crippen LogP contribution is -2.18. The van der Waals surface area contributed by atoms with E-state index in [0.29, 0.717) is 6.04 Å². The first-order chi connectivity index (χ1) is 8.15. The highest BCUT2D eigenvalue weighted by molar-refractivity contribution is 7.09. The number of anilines is 2. The second-order valence-corrected chi connectivity index (χ2v) is 5.29. The lowest BCUT2D eigenvalue weighted by Gasteiger charge is -2.14. The zero-order chi connectivity index (χ0) is 12.3.